The minimum absolute atomic E-state index is 0.0618. The highest BCUT2D eigenvalue weighted by atomic mass is 16.6. The van der Waals surface area contributed by atoms with Gasteiger partial charge < -0.3 is 14.2 Å². The summed E-state index contributed by atoms with van der Waals surface area (Å²) in [5, 5.41) is 0. The van der Waals surface area contributed by atoms with Gasteiger partial charge in [0.15, 0.2) is 6.10 Å². The molecule has 0 aromatic rings. The highest BCUT2D eigenvalue weighted by Gasteiger charge is 2.19. The maximum Gasteiger partial charge on any atom is 0.306 e. The summed E-state index contributed by atoms with van der Waals surface area (Å²) in [6.07, 6.45) is 58.1. The molecule has 6 nitrogen and oxygen atoms in total. The molecule has 0 aliphatic heterocycles. The maximum absolute atomic E-state index is 12.8. The third kappa shape index (κ3) is 53.2. The number of ether oxygens (including phenoxy) is 3. The first-order chi connectivity index (χ1) is 31.9. The molecule has 0 saturated carbocycles. The summed E-state index contributed by atoms with van der Waals surface area (Å²) >= 11 is 0. The quantitative estimate of drug-likeness (QED) is 0.0344. The summed E-state index contributed by atoms with van der Waals surface area (Å²) in [5.74, 6) is 0.0156. The lowest BCUT2D eigenvalue weighted by Gasteiger charge is -2.18. The Hall–Kier alpha value is -1.59. The van der Waals surface area contributed by atoms with Crippen molar-refractivity contribution in [3.05, 3.63) is 0 Å². The van der Waals surface area contributed by atoms with Gasteiger partial charge in [0.25, 0.3) is 0 Å². The van der Waals surface area contributed by atoms with Crippen molar-refractivity contribution in [1.82, 2.24) is 0 Å². The molecule has 0 aliphatic carbocycles. The van der Waals surface area contributed by atoms with Gasteiger partial charge in [0.2, 0.25) is 0 Å². The summed E-state index contributed by atoms with van der Waals surface area (Å²) < 4.78 is 16.9. The van der Waals surface area contributed by atoms with E-state index in [1.165, 1.54) is 231 Å². The molecule has 1 atom stereocenters. The fraction of sp³-hybridized carbons (Fsp3) is 0.949. The zero-order valence-corrected chi connectivity index (χ0v) is 44.5. The number of unbranched alkanes of at least 4 members (excludes halogenated alkanes) is 41. The molecule has 0 heterocycles. The van der Waals surface area contributed by atoms with Crippen LogP contribution in [-0.2, 0) is 28.6 Å². The van der Waals surface area contributed by atoms with Gasteiger partial charge in [0.05, 0.1) is 0 Å². The molecular formula is C59H114O6. The SMILES string of the molecule is CCCCCCCCCCCCCCCCCCCCC(=O)OC[C@H](COC(=O)CCCCCCCCCCCC)OC(=O)CCCCCCCCCCCCCCCCCCC(C)C. The number of carbonyl (C=O) groups is 3. The van der Waals surface area contributed by atoms with Crippen LogP contribution in [0.25, 0.3) is 0 Å². The van der Waals surface area contributed by atoms with Gasteiger partial charge in [-0.25, -0.2) is 0 Å². The van der Waals surface area contributed by atoms with E-state index in [-0.39, 0.29) is 31.1 Å². The zero-order valence-electron chi connectivity index (χ0n) is 44.5. The fourth-order valence-corrected chi connectivity index (χ4v) is 9.10. The molecule has 0 saturated heterocycles. The summed E-state index contributed by atoms with van der Waals surface area (Å²) in [7, 11) is 0. The normalized spacial score (nSPS) is 12.0. The fourth-order valence-electron chi connectivity index (χ4n) is 9.10. The van der Waals surface area contributed by atoms with Gasteiger partial charge in [-0.3, -0.25) is 14.4 Å². The summed E-state index contributed by atoms with van der Waals surface area (Å²) in [6, 6.07) is 0. The first kappa shape index (κ1) is 63.4. The Labute approximate surface area is 406 Å². The third-order valence-electron chi connectivity index (χ3n) is 13.5. The first-order valence-electron chi connectivity index (χ1n) is 29.4. The first-order valence-corrected chi connectivity index (χ1v) is 29.4. The van der Waals surface area contributed by atoms with E-state index in [0.717, 1.165) is 63.7 Å². The lowest BCUT2D eigenvalue weighted by molar-refractivity contribution is -0.167. The smallest absolute Gasteiger partial charge is 0.306 e. The topological polar surface area (TPSA) is 78.9 Å². The number of hydrogen-bond acceptors (Lipinski definition) is 6. The van der Waals surface area contributed by atoms with Crippen LogP contribution < -0.4 is 0 Å². The van der Waals surface area contributed by atoms with E-state index in [0.29, 0.717) is 19.3 Å². The largest absolute Gasteiger partial charge is 0.462 e. The Morgan fingerprint density at radius 1 is 0.292 bits per heavy atom. The van der Waals surface area contributed by atoms with Crippen LogP contribution in [0.3, 0.4) is 0 Å². The molecule has 0 amide bonds. The highest BCUT2D eigenvalue weighted by molar-refractivity contribution is 5.71. The molecule has 0 aliphatic rings. The molecule has 0 radical (unpaired) electrons. The van der Waals surface area contributed by atoms with E-state index in [1.54, 1.807) is 0 Å². The van der Waals surface area contributed by atoms with Crippen LogP contribution in [0.5, 0.6) is 0 Å². The molecule has 0 unspecified atom stereocenters. The number of rotatable bonds is 54. The lowest BCUT2D eigenvalue weighted by atomic mass is 10.0. The summed E-state index contributed by atoms with van der Waals surface area (Å²) in [4.78, 5) is 38.1. The van der Waals surface area contributed by atoms with Gasteiger partial charge in [-0.2, -0.15) is 0 Å². The Balaban J connectivity index is 4.22. The van der Waals surface area contributed by atoms with Crippen molar-refractivity contribution in [1.29, 1.82) is 0 Å². The molecule has 0 N–H and O–H groups in total. The number of hydrogen-bond donors (Lipinski definition) is 0. The van der Waals surface area contributed by atoms with Crippen molar-refractivity contribution in [2.45, 2.75) is 342 Å². The van der Waals surface area contributed by atoms with Crippen molar-refractivity contribution in [2.24, 2.45) is 5.92 Å². The van der Waals surface area contributed by atoms with Gasteiger partial charge in [0.1, 0.15) is 13.2 Å². The predicted octanol–water partition coefficient (Wildman–Crippen LogP) is 19.4. The van der Waals surface area contributed by atoms with Gasteiger partial charge in [0, 0.05) is 19.3 Å². The zero-order chi connectivity index (χ0) is 47.4. The predicted molar refractivity (Wildman–Crippen MR) is 280 cm³/mol. The maximum atomic E-state index is 12.8. The second kappa shape index (κ2) is 53.4. The van der Waals surface area contributed by atoms with E-state index < -0.39 is 6.10 Å². The lowest BCUT2D eigenvalue weighted by Crippen LogP contribution is -2.30. The second-order valence-electron chi connectivity index (χ2n) is 20.8. The second-order valence-corrected chi connectivity index (χ2v) is 20.8. The monoisotopic (exact) mass is 919 g/mol. The summed E-state index contributed by atoms with van der Waals surface area (Å²) in [6.45, 7) is 9.06. The van der Waals surface area contributed by atoms with E-state index in [9.17, 15) is 14.4 Å². The third-order valence-corrected chi connectivity index (χ3v) is 13.5. The summed E-state index contributed by atoms with van der Waals surface area (Å²) in [5.41, 5.74) is 0. The van der Waals surface area contributed by atoms with E-state index in [1.807, 2.05) is 0 Å². The molecule has 0 rings (SSSR count). The molecule has 0 aromatic heterocycles. The number of carbonyl (C=O) groups excluding carboxylic acids is 3. The van der Waals surface area contributed by atoms with E-state index >= 15 is 0 Å². The van der Waals surface area contributed by atoms with Crippen LogP contribution in [0.1, 0.15) is 336 Å². The van der Waals surface area contributed by atoms with Crippen LogP contribution in [0, 0.1) is 5.92 Å². The number of esters is 3. The van der Waals surface area contributed by atoms with E-state index in [2.05, 4.69) is 27.7 Å². The molecule has 0 fully saturated rings. The van der Waals surface area contributed by atoms with Crippen LogP contribution >= 0.6 is 0 Å². The van der Waals surface area contributed by atoms with Crippen LogP contribution in [0.15, 0.2) is 0 Å². The van der Waals surface area contributed by atoms with Crippen molar-refractivity contribution in [2.75, 3.05) is 13.2 Å². The van der Waals surface area contributed by atoms with Crippen molar-refractivity contribution in [3.63, 3.8) is 0 Å². The molecule has 0 bridgehead atoms. The van der Waals surface area contributed by atoms with E-state index in [4.69, 9.17) is 14.2 Å². The molecule has 0 spiro atoms. The van der Waals surface area contributed by atoms with Crippen molar-refractivity contribution < 1.29 is 28.6 Å². The van der Waals surface area contributed by atoms with Crippen LogP contribution in [0.2, 0.25) is 0 Å². The average Bonchev–Trinajstić information content (AvgIpc) is 3.29. The van der Waals surface area contributed by atoms with Gasteiger partial charge in [-0.15, -0.1) is 0 Å². The average molecular weight is 920 g/mol. The Morgan fingerprint density at radius 2 is 0.508 bits per heavy atom. The molecular weight excluding hydrogens is 805 g/mol. The van der Waals surface area contributed by atoms with Crippen molar-refractivity contribution in [3.8, 4) is 0 Å². The molecule has 0 aromatic carbocycles. The Morgan fingerprint density at radius 3 is 0.754 bits per heavy atom. The molecule has 65 heavy (non-hydrogen) atoms. The van der Waals surface area contributed by atoms with Crippen LogP contribution in [0.4, 0.5) is 0 Å². The standard InChI is InChI=1S/C59H114O6/c1-5-7-9-11-13-15-17-18-19-20-21-25-28-31-35-39-43-47-51-58(61)64-54-56(53-63-57(60)50-46-42-38-34-16-14-12-10-8-6-2)65-59(62)52-48-44-40-36-32-29-26-23-22-24-27-30-33-37-41-45-49-55(3)4/h55-56H,5-54H2,1-4H3/t56-/m0/s1. The minimum atomic E-state index is -0.761. The van der Waals surface area contributed by atoms with Crippen LogP contribution in [-0.4, -0.2) is 37.2 Å². The minimum Gasteiger partial charge on any atom is -0.462 e. The molecule has 386 valence electrons. The van der Waals surface area contributed by atoms with Gasteiger partial charge in [-0.05, 0) is 25.2 Å². The Bertz CT molecular complexity index is 980. The van der Waals surface area contributed by atoms with Crippen molar-refractivity contribution >= 4 is 17.9 Å². The highest BCUT2D eigenvalue weighted by Crippen LogP contribution is 2.18. The van der Waals surface area contributed by atoms with Gasteiger partial charge in [-0.1, -0.05) is 297 Å². The molecule has 6 heteroatoms. The van der Waals surface area contributed by atoms with Gasteiger partial charge >= 0.3 is 17.9 Å². The Kier molecular flexibility index (Phi) is 52.1.